The summed E-state index contributed by atoms with van der Waals surface area (Å²) in [5, 5.41) is 0. The van der Waals surface area contributed by atoms with Crippen LogP contribution in [0.4, 0.5) is 0 Å². The van der Waals surface area contributed by atoms with Crippen molar-refractivity contribution in [2.24, 2.45) is 0 Å². The molecule has 0 aliphatic carbocycles. The van der Waals surface area contributed by atoms with Gasteiger partial charge in [-0.2, -0.15) is 0 Å². The Balaban J connectivity index is 1.40. The van der Waals surface area contributed by atoms with E-state index in [1.54, 1.807) is 7.11 Å². The number of aryl methyl sites for hydroxylation is 10. The first-order chi connectivity index (χ1) is 28.4. The van der Waals surface area contributed by atoms with Crippen LogP contribution in [0.25, 0.3) is 22.3 Å². The van der Waals surface area contributed by atoms with E-state index < -0.39 is 17.0 Å². The highest BCUT2D eigenvalue weighted by Gasteiger charge is 2.34. The third-order valence-corrected chi connectivity index (χ3v) is 13.4. The molecular weight excluding hydrogens is 783 g/mol. The molecule has 6 aromatic rings. The lowest BCUT2D eigenvalue weighted by atomic mass is 9.83. The van der Waals surface area contributed by atoms with E-state index in [2.05, 4.69) is 137 Å². The highest BCUT2D eigenvalue weighted by Crippen LogP contribution is 2.57. The van der Waals surface area contributed by atoms with Crippen LogP contribution in [0.1, 0.15) is 87.5 Å². The molecule has 60 heavy (non-hydrogen) atoms. The molecule has 0 aromatic heterocycles. The van der Waals surface area contributed by atoms with Crippen molar-refractivity contribution in [2.75, 3.05) is 7.11 Å². The summed E-state index contributed by atoms with van der Waals surface area (Å²) < 4.78 is 41.1. The molecule has 6 aromatic carbocycles. The van der Waals surface area contributed by atoms with E-state index in [0.29, 0.717) is 23.4 Å². The van der Waals surface area contributed by atoms with Gasteiger partial charge in [-0.25, -0.2) is 0 Å². The average Bonchev–Trinajstić information content (AvgIpc) is 3.31. The van der Waals surface area contributed by atoms with Gasteiger partial charge in [0.2, 0.25) is 0 Å². The summed E-state index contributed by atoms with van der Waals surface area (Å²) in [6, 6.07) is 29.7. The van der Waals surface area contributed by atoms with Crippen LogP contribution in [-0.4, -0.2) is 7.11 Å². The summed E-state index contributed by atoms with van der Waals surface area (Å²) in [4.78, 5) is 0. The van der Waals surface area contributed by atoms with E-state index in [1.807, 2.05) is 38.1 Å². The normalized spacial score (nSPS) is 13.6. The van der Waals surface area contributed by atoms with Crippen LogP contribution in [0.15, 0.2) is 84.9 Å². The standard InChI is InChI=1S/C52H58O6P2/c1-30-15-17-47(36(7)19-30)54-60(55-48-18-16-31(2)20-37(48)8)58-50-39(10)23-34(5)26-43(50)44-27-40(53-14)28-46(52(11,12)13)51(44)57-59-29-45-35(6)21-32(3)24-41(45)42-25-33(4)22-38(9)49(42)56-59/h15-28H,29H2,1-14H3. The first-order valence-electron chi connectivity index (χ1n) is 20.6. The Hall–Kier alpha value is -5.02. The van der Waals surface area contributed by atoms with E-state index in [4.69, 9.17) is 27.4 Å². The number of hydrogen-bond acceptors (Lipinski definition) is 6. The van der Waals surface area contributed by atoms with Crippen molar-refractivity contribution in [2.45, 2.75) is 102 Å². The van der Waals surface area contributed by atoms with Crippen LogP contribution in [-0.2, 0) is 11.6 Å². The number of ether oxygens (including phenoxy) is 1. The van der Waals surface area contributed by atoms with Gasteiger partial charge in [0.25, 0.3) is 8.38 Å². The molecule has 8 heteroatoms. The van der Waals surface area contributed by atoms with Crippen LogP contribution in [0.2, 0.25) is 0 Å². The van der Waals surface area contributed by atoms with Crippen LogP contribution in [0, 0.1) is 69.2 Å². The van der Waals surface area contributed by atoms with E-state index in [0.717, 1.165) is 78.4 Å². The molecule has 1 unspecified atom stereocenters. The molecule has 0 N–H and O–H groups in total. The van der Waals surface area contributed by atoms with Gasteiger partial charge < -0.3 is 27.4 Å². The molecule has 0 radical (unpaired) electrons. The van der Waals surface area contributed by atoms with Crippen LogP contribution < -0.4 is 27.4 Å². The number of fused-ring (bicyclic) bond motifs is 3. The highest BCUT2D eigenvalue weighted by atomic mass is 31.2. The fraction of sp³-hybridized carbons (Fsp3) is 0.308. The zero-order chi connectivity index (χ0) is 43.2. The second kappa shape index (κ2) is 17.2. The summed E-state index contributed by atoms with van der Waals surface area (Å²) in [5.74, 6) is 4.37. The summed E-state index contributed by atoms with van der Waals surface area (Å²) >= 11 is 0. The Bertz CT molecular complexity index is 2490. The third-order valence-electron chi connectivity index (χ3n) is 11.0. The molecule has 1 atom stereocenters. The van der Waals surface area contributed by atoms with Gasteiger partial charge in [0.1, 0.15) is 34.5 Å². The van der Waals surface area contributed by atoms with Crippen LogP contribution in [0.3, 0.4) is 0 Å². The maximum Gasteiger partial charge on any atom is 0.530 e. The Labute approximate surface area is 360 Å². The van der Waals surface area contributed by atoms with Gasteiger partial charge >= 0.3 is 8.60 Å². The molecule has 0 bridgehead atoms. The average molecular weight is 841 g/mol. The fourth-order valence-electron chi connectivity index (χ4n) is 8.09. The van der Waals surface area contributed by atoms with Crippen molar-refractivity contribution in [3.63, 3.8) is 0 Å². The Morgan fingerprint density at radius 3 is 1.60 bits per heavy atom. The van der Waals surface area contributed by atoms with E-state index in [1.165, 1.54) is 27.8 Å². The second-order valence-corrected chi connectivity index (χ2v) is 19.9. The Kier molecular flexibility index (Phi) is 12.3. The smallest absolute Gasteiger partial charge is 0.497 e. The molecular formula is C52H58O6P2. The summed E-state index contributed by atoms with van der Waals surface area (Å²) in [6.45, 7) is 27.7. The largest absolute Gasteiger partial charge is 0.530 e. The topological polar surface area (TPSA) is 55.4 Å². The number of rotatable bonds is 10. The predicted molar refractivity (Wildman–Crippen MR) is 250 cm³/mol. The van der Waals surface area contributed by atoms with Crippen LogP contribution >= 0.6 is 17.0 Å². The molecule has 1 heterocycles. The molecule has 0 spiro atoms. The fourth-order valence-corrected chi connectivity index (χ4v) is 11.0. The monoisotopic (exact) mass is 840 g/mol. The zero-order valence-electron chi connectivity index (χ0n) is 37.6. The van der Waals surface area contributed by atoms with Crippen molar-refractivity contribution in [3.8, 4) is 56.8 Å². The van der Waals surface area contributed by atoms with Gasteiger partial charge in [-0.05, 0) is 161 Å². The molecule has 6 nitrogen and oxygen atoms in total. The quantitative estimate of drug-likeness (QED) is 0.128. The van der Waals surface area contributed by atoms with Crippen molar-refractivity contribution < 1.29 is 27.4 Å². The minimum atomic E-state index is -2.01. The minimum absolute atomic E-state index is 0.333. The first-order valence-corrected chi connectivity index (χ1v) is 23.0. The van der Waals surface area contributed by atoms with E-state index >= 15 is 0 Å². The third kappa shape index (κ3) is 9.16. The molecule has 0 saturated carbocycles. The lowest BCUT2D eigenvalue weighted by Crippen LogP contribution is -2.15. The summed E-state index contributed by atoms with van der Waals surface area (Å²) in [5.41, 5.74) is 17.0. The van der Waals surface area contributed by atoms with Gasteiger partial charge in [-0.15, -0.1) is 0 Å². The summed E-state index contributed by atoms with van der Waals surface area (Å²) in [7, 11) is -1.83. The lowest BCUT2D eigenvalue weighted by molar-refractivity contribution is 0.385. The van der Waals surface area contributed by atoms with Crippen molar-refractivity contribution in [3.05, 3.63) is 152 Å². The molecule has 0 fully saturated rings. The molecule has 1 aliphatic heterocycles. The SMILES string of the molecule is COc1cc(-c2cc(C)cc(C)c2OP(Oc2ccc(C)cc2C)Oc2ccc(C)cc2C)c(OP2Cc3c(C)cc(C)cc3-c3cc(C)cc(C)c3O2)c(C(C)(C)C)c1. The van der Waals surface area contributed by atoms with Gasteiger partial charge in [0, 0.05) is 22.3 Å². The van der Waals surface area contributed by atoms with Gasteiger partial charge in [-0.3, -0.25) is 0 Å². The minimum Gasteiger partial charge on any atom is -0.497 e. The maximum atomic E-state index is 7.42. The van der Waals surface area contributed by atoms with Crippen molar-refractivity contribution in [1.82, 2.24) is 0 Å². The molecule has 0 amide bonds. The molecule has 7 rings (SSSR count). The van der Waals surface area contributed by atoms with E-state index in [9.17, 15) is 0 Å². The Morgan fingerprint density at radius 1 is 0.517 bits per heavy atom. The number of benzene rings is 6. The van der Waals surface area contributed by atoms with E-state index in [-0.39, 0.29) is 5.41 Å². The van der Waals surface area contributed by atoms with Crippen molar-refractivity contribution in [1.29, 1.82) is 0 Å². The van der Waals surface area contributed by atoms with Gasteiger partial charge in [-0.1, -0.05) is 86.0 Å². The van der Waals surface area contributed by atoms with Crippen LogP contribution in [0.5, 0.6) is 34.5 Å². The number of methoxy groups -OCH3 is 1. The molecule has 0 saturated heterocycles. The molecule has 1 aliphatic rings. The van der Waals surface area contributed by atoms with Gasteiger partial charge in [0.05, 0.1) is 13.3 Å². The second-order valence-electron chi connectivity index (χ2n) is 17.5. The zero-order valence-corrected chi connectivity index (χ0v) is 39.4. The highest BCUT2D eigenvalue weighted by molar-refractivity contribution is 7.47. The maximum absolute atomic E-state index is 7.42. The first kappa shape index (κ1) is 43.1. The number of hydrogen-bond donors (Lipinski definition) is 0. The Morgan fingerprint density at radius 2 is 1.03 bits per heavy atom. The van der Waals surface area contributed by atoms with Gasteiger partial charge in [0.15, 0.2) is 0 Å². The summed E-state index contributed by atoms with van der Waals surface area (Å²) in [6.07, 6.45) is 0.619. The lowest BCUT2D eigenvalue weighted by Gasteiger charge is -2.29. The molecule has 312 valence electrons. The predicted octanol–water partition coefficient (Wildman–Crippen LogP) is 15.5. The van der Waals surface area contributed by atoms with Crippen molar-refractivity contribution >= 4 is 17.0 Å².